The van der Waals surface area contributed by atoms with E-state index in [0.29, 0.717) is 22.9 Å². The van der Waals surface area contributed by atoms with E-state index < -0.39 is 28.8 Å². The second-order valence-electron chi connectivity index (χ2n) is 10.6. The van der Waals surface area contributed by atoms with Crippen LogP contribution in [0.2, 0.25) is 0 Å². The summed E-state index contributed by atoms with van der Waals surface area (Å²) in [5.74, 6) is -4.03. The number of aryl methyl sites for hydroxylation is 2. The van der Waals surface area contributed by atoms with E-state index in [4.69, 9.17) is 4.74 Å². The van der Waals surface area contributed by atoms with Crippen molar-refractivity contribution in [3.8, 4) is 34.1 Å². The van der Waals surface area contributed by atoms with E-state index in [-0.39, 0.29) is 17.3 Å². The highest BCUT2D eigenvalue weighted by Crippen LogP contribution is 2.37. The third kappa shape index (κ3) is 4.40. The SMILES string of the molecule is Cc1ccnc(-n2c3ccccc3c3ccc(Oc4cccc(-n5nc(C)c(-c6c(F)c(F)cc(F)c6F)c5C)c4)cc32)c1. The van der Waals surface area contributed by atoms with E-state index in [0.717, 1.165) is 33.2 Å². The second kappa shape index (κ2) is 10.4. The summed E-state index contributed by atoms with van der Waals surface area (Å²) in [4.78, 5) is 4.62. The number of hydrogen-bond acceptors (Lipinski definition) is 3. The second-order valence-corrected chi connectivity index (χ2v) is 10.6. The lowest BCUT2D eigenvalue weighted by Gasteiger charge is -2.11. The number of hydrogen-bond donors (Lipinski definition) is 0. The minimum Gasteiger partial charge on any atom is -0.457 e. The standard InChI is InChI=1S/C35H24F4N4O/c1-19-13-14-40-31(15-19)42-29-10-5-4-9-25(29)26-12-11-24(17-30(26)42)44-23-8-6-7-22(16-23)43-21(3)32(20(2)41-43)33-34(38)27(36)18-28(37)35(33)39/h4-18H,1-3H3. The van der Waals surface area contributed by atoms with E-state index in [2.05, 4.69) is 26.8 Å². The van der Waals surface area contributed by atoms with Crippen LogP contribution < -0.4 is 4.74 Å². The molecule has 0 saturated heterocycles. The smallest absolute Gasteiger partial charge is 0.169 e. The van der Waals surface area contributed by atoms with Gasteiger partial charge in [-0.05, 0) is 68.8 Å². The van der Waals surface area contributed by atoms with Crippen LogP contribution in [0.3, 0.4) is 0 Å². The van der Waals surface area contributed by atoms with Gasteiger partial charge in [-0.25, -0.2) is 27.2 Å². The molecule has 0 radical (unpaired) electrons. The maximum atomic E-state index is 14.7. The Balaban J connectivity index is 1.29. The molecular weight excluding hydrogens is 568 g/mol. The first-order valence-electron chi connectivity index (χ1n) is 13.9. The Bertz CT molecular complexity index is 2230. The summed E-state index contributed by atoms with van der Waals surface area (Å²) in [5, 5.41) is 6.57. The van der Waals surface area contributed by atoms with E-state index in [1.54, 1.807) is 37.4 Å². The van der Waals surface area contributed by atoms with Crippen LogP contribution in [0.15, 0.2) is 91.1 Å². The number of para-hydroxylation sites is 1. The Kier molecular flexibility index (Phi) is 6.46. The number of aromatic nitrogens is 4. The summed E-state index contributed by atoms with van der Waals surface area (Å²) in [6, 6.07) is 25.2. The molecule has 0 saturated carbocycles. The van der Waals surface area contributed by atoms with Gasteiger partial charge in [0.05, 0.1) is 28.0 Å². The number of benzene rings is 4. The fraction of sp³-hybridized carbons (Fsp3) is 0.0857. The molecule has 3 heterocycles. The zero-order valence-corrected chi connectivity index (χ0v) is 23.9. The monoisotopic (exact) mass is 592 g/mol. The Hall–Kier alpha value is -5.44. The van der Waals surface area contributed by atoms with Gasteiger partial charge in [0, 0.05) is 46.4 Å². The van der Waals surface area contributed by atoms with Crippen molar-refractivity contribution < 1.29 is 22.3 Å². The maximum Gasteiger partial charge on any atom is 0.169 e. The minimum atomic E-state index is -1.48. The Labute approximate surface area is 249 Å². The van der Waals surface area contributed by atoms with E-state index in [9.17, 15) is 17.6 Å². The first-order valence-corrected chi connectivity index (χ1v) is 13.9. The average Bonchev–Trinajstić information content (AvgIpc) is 3.49. The van der Waals surface area contributed by atoms with Gasteiger partial charge >= 0.3 is 0 Å². The predicted molar refractivity (Wildman–Crippen MR) is 162 cm³/mol. The molecule has 0 spiro atoms. The van der Waals surface area contributed by atoms with Gasteiger partial charge in [-0.3, -0.25) is 4.57 Å². The van der Waals surface area contributed by atoms with Crippen molar-refractivity contribution >= 4 is 21.8 Å². The topological polar surface area (TPSA) is 44.9 Å². The van der Waals surface area contributed by atoms with Gasteiger partial charge in [-0.15, -0.1) is 0 Å². The maximum absolute atomic E-state index is 14.7. The molecule has 0 unspecified atom stereocenters. The van der Waals surface area contributed by atoms with Crippen LogP contribution in [0.4, 0.5) is 17.6 Å². The molecule has 0 aliphatic rings. The zero-order valence-electron chi connectivity index (χ0n) is 23.9. The summed E-state index contributed by atoms with van der Waals surface area (Å²) in [5.41, 5.74) is 3.27. The minimum absolute atomic E-state index is 0.0206. The summed E-state index contributed by atoms with van der Waals surface area (Å²) in [6.45, 7) is 5.13. The van der Waals surface area contributed by atoms with Gasteiger partial charge in [-0.1, -0.05) is 24.3 Å². The fourth-order valence-corrected chi connectivity index (χ4v) is 5.77. The molecule has 5 nitrogen and oxygen atoms in total. The molecule has 7 aromatic rings. The van der Waals surface area contributed by atoms with Crippen molar-refractivity contribution in [2.24, 2.45) is 0 Å². The average molecular weight is 593 g/mol. The zero-order chi connectivity index (χ0) is 30.7. The molecule has 0 atom stereocenters. The number of rotatable bonds is 5. The van der Waals surface area contributed by atoms with Gasteiger partial charge in [0.2, 0.25) is 0 Å². The van der Waals surface area contributed by atoms with Crippen molar-refractivity contribution in [2.45, 2.75) is 20.8 Å². The van der Waals surface area contributed by atoms with Crippen molar-refractivity contribution in [2.75, 3.05) is 0 Å². The molecule has 0 fully saturated rings. The molecular formula is C35H24F4N4O. The van der Waals surface area contributed by atoms with E-state index >= 15 is 0 Å². The van der Waals surface area contributed by atoms with Crippen molar-refractivity contribution in [1.29, 1.82) is 0 Å². The van der Waals surface area contributed by atoms with Crippen molar-refractivity contribution in [1.82, 2.24) is 19.3 Å². The molecule has 0 amide bonds. The molecule has 9 heteroatoms. The van der Waals surface area contributed by atoms with Crippen LogP contribution in [0, 0.1) is 44.0 Å². The molecule has 44 heavy (non-hydrogen) atoms. The molecule has 0 aliphatic heterocycles. The van der Waals surface area contributed by atoms with Crippen molar-refractivity contribution in [3.63, 3.8) is 0 Å². The molecule has 0 N–H and O–H groups in total. The van der Waals surface area contributed by atoms with Crippen LogP contribution in [0.5, 0.6) is 11.5 Å². The van der Waals surface area contributed by atoms with Gasteiger partial charge in [0.1, 0.15) is 17.3 Å². The lowest BCUT2D eigenvalue weighted by atomic mass is 10.0. The highest BCUT2D eigenvalue weighted by atomic mass is 19.2. The lowest BCUT2D eigenvalue weighted by molar-refractivity contribution is 0.458. The number of nitrogens with zero attached hydrogens (tertiary/aromatic N) is 4. The summed E-state index contributed by atoms with van der Waals surface area (Å²) < 4.78 is 67.3. The highest BCUT2D eigenvalue weighted by molar-refractivity contribution is 6.09. The predicted octanol–water partition coefficient (Wildman–Crippen LogP) is 9.31. The quantitative estimate of drug-likeness (QED) is 0.148. The number of fused-ring (bicyclic) bond motifs is 3. The molecule has 7 rings (SSSR count). The Morgan fingerprint density at radius 1 is 0.659 bits per heavy atom. The first kappa shape index (κ1) is 27.4. The first-order chi connectivity index (χ1) is 21.2. The van der Waals surface area contributed by atoms with Gasteiger partial charge in [-0.2, -0.15) is 5.10 Å². The van der Waals surface area contributed by atoms with Crippen LogP contribution in [-0.4, -0.2) is 19.3 Å². The van der Waals surface area contributed by atoms with Gasteiger partial charge < -0.3 is 4.74 Å². The summed E-state index contributed by atoms with van der Waals surface area (Å²) in [6.07, 6.45) is 1.79. The van der Waals surface area contributed by atoms with E-state index in [1.165, 1.54) is 11.6 Å². The number of halogens is 4. The Morgan fingerprint density at radius 2 is 1.39 bits per heavy atom. The molecule has 3 aromatic heterocycles. The number of pyridine rings is 1. The van der Waals surface area contributed by atoms with Crippen molar-refractivity contribution in [3.05, 3.63) is 131 Å². The van der Waals surface area contributed by atoms with Crippen LogP contribution in [0.25, 0.3) is 44.4 Å². The molecule has 4 aromatic carbocycles. The largest absolute Gasteiger partial charge is 0.457 e. The van der Waals surface area contributed by atoms with Gasteiger partial charge in [0.15, 0.2) is 23.3 Å². The third-order valence-electron chi connectivity index (χ3n) is 7.73. The summed E-state index contributed by atoms with van der Waals surface area (Å²) in [7, 11) is 0. The molecule has 218 valence electrons. The van der Waals surface area contributed by atoms with Crippen LogP contribution >= 0.6 is 0 Å². The van der Waals surface area contributed by atoms with E-state index in [1.807, 2.05) is 49.4 Å². The van der Waals surface area contributed by atoms with Crippen LogP contribution in [0.1, 0.15) is 17.0 Å². The Morgan fingerprint density at radius 3 is 2.16 bits per heavy atom. The highest BCUT2D eigenvalue weighted by Gasteiger charge is 2.26. The number of ether oxygens (including phenoxy) is 1. The third-order valence-corrected chi connectivity index (χ3v) is 7.73. The fourth-order valence-electron chi connectivity index (χ4n) is 5.77. The molecule has 0 aliphatic carbocycles. The normalized spacial score (nSPS) is 11.5. The molecule has 0 bridgehead atoms. The summed E-state index contributed by atoms with van der Waals surface area (Å²) >= 11 is 0. The van der Waals surface area contributed by atoms with Gasteiger partial charge in [0.25, 0.3) is 0 Å². The lowest BCUT2D eigenvalue weighted by Crippen LogP contribution is -2.02. The van der Waals surface area contributed by atoms with Crippen LogP contribution in [-0.2, 0) is 0 Å².